The molecule has 0 heterocycles. The van der Waals surface area contributed by atoms with Gasteiger partial charge in [0.25, 0.3) is 0 Å². The lowest BCUT2D eigenvalue weighted by Crippen LogP contribution is -2.25. The molecular weight excluding hydrogens is 318 g/mol. The van der Waals surface area contributed by atoms with Gasteiger partial charge in [-0.05, 0) is 61.7 Å². The maximum absolute atomic E-state index is 11.0. The van der Waals surface area contributed by atoms with Crippen LogP contribution < -0.4 is 14.8 Å². The van der Waals surface area contributed by atoms with Gasteiger partial charge in [0.1, 0.15) is 30.8 Å². The Hall–Kier alpha value is -2.53. The molecule has 1 amide bonds. The Morgan fingerprint density at radius 2 is 1.60 bits per heavy atom. The number of benzene rings is 2. The van der Waals surface area contributed by atoms with Crippen molar-refractivity contribution in [1.29, 1.82) is 0 Å². The van der Waals surface area contributed by atoms with Crippen LogP contribution >= 0.6 is 0 Å². The molecule has 0 saturated carbocycles. The first-order valence-electron chi connectivity index (χ1n) is 8.25. The zero-order chi connectivity index (χ0) is 18.4. The highest BCUT2D eigenvalue weighted by atomic mass is 16.5. The van der Waals surface area contributed by atoms with Gasteiger partial charge in [0, 0.05) is 12.6 Å². The summed E-state index contributed by atoms with van der Waals surface area (Å²) in [4.78, 5) is 11.0. The van der Waals surface area contributed by atoms with Crippen LogP contribution in [0.2, 0.25) is 0 Å². The van der Waals surface area contributed by atoms with Crippen molar-refractivity contribution >= 4 is 11.6 Å². The van der Waals surface area contributed by atoms with Gasteiger partial charge in [0.2, 0.25) is 5.91 Å². The van der Waals surface area contributed by atoms with E-state index in [1.54, 1.807) is 24.3 Å². The van der Waals surface area contributed by atoms with Crippen LogP contribution in [0, 0.1) is 20.8 Å². The topological polar surface area (TPSA) is 67.8 Å². The highest BCUT2D eigenvalue weighted by Crippen LogP contribution is 2.25. The number of hydrogen-bond donors (Lipinski definition) is 2. The van der Waals surface area contributed by atoms with Crippen LogP contribution in [0.25, 0.3) is 0 Å². The molecule has 134 valence electrons. The normalized spacial score (nSPS) is 11.7. The zero-order valence-electron chi connectivity index (χ0n) is 15.1. The highest BCUT2D eigenvalue weighted by molar-refractivity contribution is 5.88. The number of amides is 1. The van der Waals surface area contributed by atoms with Crippen LogP contribution in [-0.2, 0) is 4.79 Å². The third-order valence-corrected chi connectivity index (χ3v) is 3.91. The molecule has 0 fully saturated rings. The predicted octanol–water partition coefficient (Wildman–Crippen LogP) is 3.39. The van der Waals surface area contributed by atoms with E-state index < -0.39 is 6.10 Å². The molecule has 5 nitrogen and oxygen atoms in total. The van der Waals surface area contributed by atoms with Gasteiger partial charge in [-0.15, -0.1) is 0 Å². The molecule has 2 N–H and O–H groups in total. The fourth-order valence-corrected chi connectivity index (χ4v) is 2.41. The summed E-state index contributed by atoms with van der Waals surface area (Å²) in [6.45, 7) is 7.78. The number of aliphatic hydroxyl groups is 1. The molecule has 2 aromatic carbocycles. The van der Waals surface area contributed by atoms with E-state index in [1.165, 1.54) is 6.92 Å². The molecule has 0 spiro atoms. The van der Waals surface area contributed by atoms with Crippen molar-refractivity contribution in [3.05, 3.63) is 53.1 Å². The van der Waals surface area contributed by atoms with Crippen molar-refractivity contribution in [2.45, 2.75) is 33.8 Å². The van der Waals surface area contributed by atoms with Crippen LogP contribution in [0.4, 0.5) is 5.69 Å². The zero-order valence-corrected chi connectivity index (χ0v) is 15.1. The minimum atomic E-state index is -0.741. The molecular formula is C20H25NO4. The van der Waals surface area contributed by atoms with Crippen molar-refractivity contribution in [2.24, 2.45) is 0 Å². The van der Waals surface area contributed by atoms with Gasteiger partial charge in [0.15, 0.2) is 0 Å². The third kappa shape index (κ3) is 5.50. The van der Waals surface area contributed by atoms with Gasteiger partial charge in [0.05, 0.1) is 0 Å². The lowest BCUT2D eigenvalue weighted by molar-refractivity contribution is -0.114. The molecule has 1 unspecified atom stereocenters. The van der Waals surface area contributed by atoms with E-state index in [4.69, 9.17) is 9.47 Å². The number of rotatable bonds is 7. The van der Waals surface area contributed by atoms with E-state index in [-0.39, 0.29) is 19.1 Å². The summed E-state index contributed by atoms with van der Waals surface area (Å²) in [6, 6.07) is 11.1. The molecule has 2 aromatic rings. The molecule has 0 aliphatic carbocycles. The molecule has 1 atom stereocenters. The molecule has 0 saturated heterocycles. The Morgan fingerprint density at radius 1 is 1.00 bits per heavy atom. The number of carbonyl (C=O) groups is 1. The maximum Gasteiger partial charge on any atom is 0.221 e. The molecule has 0 aliphatic heterocycles. The fourth-order valence-electron chi connectivity index (χ4n) is 2.41. The van der Waals surface area contributed by atoms with Gasteiger partial charge in [-0.25, -0.2) is 0 Å². The average Bonchev–Trinajstić information content (AvgIpc) is 2.57. The SMILES string of the molecule is CC(=O)Nc1ccc(OCC(O)COc2c(C)ccc(C)c2C)cc1. The Bertz CT molecular complexity index is 725. The Kier molecular flexibility index (Phi) is 6.42. The number of ether oxygens (including phenoxy) is 2. The van der Waals surface area contributed by atoms with Crippen LogP contribution in [-0.4, -0.2) is 30.3 Å². The summed E-state index contributed by atoms with van der Waals surface area (Å²) in [5, 5.41) is 12.8. The van der Waals surface area contributed by atoms with Gasteiger partial charge in [-0.2, -0.15) is 0 Å². The van der Waals surface area contributed by atoms with Crippen LogP contribution in [0.5, 0.6) is 11.5 Å². The lowest BCUT2D eigenvalue weighted by atomic mass is 10.1. The number of carbonyl (C=O) groups excluding carboxylic acids is 1. The minimum absolute atomic E-state index is 0.122. The Morgan fingerprint density at radius 3 is 2.24 bits per heavy atom. The number of anilines is 1. The molecule has 0 bridgehead atoms. The molecule has 25 heavy (non-hydrogen) atoms. The fraction of sp³-hybridized carbons (Fsp3) is 0.350. The Labute approximate surface area is 148 Å². The first kappa shape index (κ1) is 18.8. The van der Waals surface area contributed by atoms with Gasteiger partial charge >= 0.3 is 0 Å². The van der Waals surface area contributed by atoms with E-state index >= 15 is 0 Å². The smallest absolute Gasteiger partial charge is 0.221 e. The lowest BCUT2D eigenvalue weighted by Gasteiger charge is -2.17. The highest BCUT2D eigenvalue weighted by Gasteiger charge is 2.11. The predicted molar refractivity (Wildman–Crippen MR) is 98.4 cm³/mol. The molecule has 5 heteroatoms. The minimum Gasteiger partial charge on any atom is -0.491 e. The van der Waals surface area contributed by atoms with E-state index in [2.05, 4.69) is 11.4 Å². The molecule has 0 radical (unpaired) electrons. The summed E-state index contributed by atoms with van der Waals surface area (Å²) < 4.78 is 11.3. The van der Waals surface area contributed by atoms with E-state index in [0.717, 1.165) is 22.4 Å². The summed E-state index contributed by atoms with van der Waals surface area (Å²) in [5.74, 6) is 1.32. The summed E-state index contributed by atoms with van der Waals surface area (Å²) in [7, 11) is 0. The van der Waals surface area contributed by atoms with Crippen molar-refractivity contribution in [1.82, 2.24) is 0 Å². The van der Waals surface area contributed by atoms with E-state index in [0.29, 0.717) is 11.4 Å². The van der Waals surface area contributed by atoms with Crippen molar-refractivity contribution in [3.63, 3.8) is 0 Å². The monoisotopic (exact) mass is 343 g/mol. The molecule has 2 rings (SSSR count). The quantitative estimate of drug-likeness (QED) is 0.809. The Balaban J connectivity index is 1.84. The first-order chi connectivity index (χ1) is 11.9. The molecule has 0 aromatic heterocycles. The van der Waals surface area contributed by atoms with Crippen LogP contribution in [0.15, 0.2) is 36.4 Å². The number of hydrogen-bond acceptors (Lipinski definition) is 4. The summed E-state index contributed by atoms with van der Waals surface area (Å²) in [5.41, 5.74) is 3.99. The largest absolute Gasteiger partial charge is 0.491 e. The average molecular weight is 343 g/mol. The number of aliphatic hydroxyl groups excluding tert-OH is 1. The number of nitrogens with one attached hydrogen (secondary N) is 1. The second-order valence-corrected chi connectivity index (χ2v) is 6.13. The van der Waals surface area contributed by atoms with Crippen LogP contribution in [0.3, 0.4) is 0 Å². The third-order valence-electron chi connectivity index (χ3n) is 3.91. The number of aryl methyl sites for hydroxylation is 2. The van der Waals surface area contributed by atoms with Gasteiger partial charge in [-0.3, -0.25) is 4.79 Å². The molecule has 0 aliphatic rings. The van der Waals surface area contributed by atoms with Crippen molar-refractivity contribution in [2.75, 3.05) is 18.5 Å². The van der Waals surface area contributed by atoms with Crippen molar-refractivity contribution in [3.8, 4) is 11.5 Å². The van der Waals surface area contributed by atoms with Gasteiger partial charge < -0.3 is 19.9 Å². The van der Waals surface area contributed by atoms with Crippen LogP contribution in [0.1, 0.15) is 23.6 Å². The standard InChI is InChI=1S/C20H25NO4/c1-13-5-6-14(2)20(15(13)3)25-12-18(23)11-24-19-9-7-17(8-10-19)21-16(4)22/h5-10,18,23H,11-12H2,1-4H3,(H,21,22). The second-order valence-electron chi connectivity index (χ2n) is 6.13. The maximum atomic E-state index is 11.0. The van der Waals surface area contributed by atoms with Gasteiger partial charge in [-0.1, -0.05) is 12.1 Å². The summed E-state index contributed by atoms with van der Waals surface area (Å²) >= 11 is 0. The van der Waals surface area contributed by atoms with E-state index in [1.807, 2.05) is 26.8 Å². The van der Waals surface area contributed by atoms with Crippen molar-refractivity contribution < 1.29 is 19.4 Å². The first-order valence-corrected chi connectivity index (χ1v) is 8.25. The van der Waals surface area contributed by atoms with E-state index in [9.17, 15) is 9.90 Å². The second kappa shape index (κ2) is 8.53. The summed E-state index contributed by atoms with van der Waals surface area (Å²) in [6.07, 6.45) is -0.741.